The van der Waals surface area contributed by atoms with E-state index in [4.69, 9.17) is 18.9 Å². The Balaban J connectivity index is 1.54. The molecule has 0 radical (unpaired) electrons. The van der Waals surface area contributed by atoms with E-state index in [9.17, 15) is 14.9 Å². The highest BCUT2D eigenvalue weighted by atomic mass is 16.5. The highest BCUT2D eigenvalue weighted by Gasteiger charge is 2.18. The molecule has 3 aromatic carbocycles. The van der Waals surface area contributed by atoms with Crippen molar-refractivity contribution in [2.24, 2.45) is 0 Å². The van der Waals surface area contributed by atoms with E-state index >= 15 is 0 Å². The Morgan fingerprint density at radius 3 is 2.06 bits per heavy atom. The largest absolute Gasteiger partial charge is 0.494 e. The van der Waals surface area contributed by atoms with Gasteiger partial charge < -0.3 is 18.9 Å². The number of ether oxygens (including phenoxy) is 4. The lowest BCUT2D eigenvalue weighted by Crippen LogP contribution is -2.12. The van der Waals surface area contributed by atoms with Crippen molar-refractivity contribution < 1.29 is 28.5 Å². The molecule has 0 amide bonds. The summed E-state index contributed by atoms with van der Waals surface area (Å²) in [6, 6.07) is 20.6. The Morgan fingerprint density at radius 2 is 1.38 bits per heavy atom. The summed E-state index contributed by atoms with van der Waals surface area (Å²) in [5.74, 6) is 0.102. The first kappa shape index (κ1) is 37.9. The van der Waals surface area contributed by atoms with Crippen LogP contribution in [0.15, 0.2) is 79.4 Å². The minimum Gasteiger partial charge on any atom is -0.494 e. The summed E-state index contributed by atoms with van der Waals surface area (Å²) >= 11 is 0. The third-order valence-electron chi connectivity index (χ3n) is 7.97. The van der Waals surface area contributed by atoms with E-state index in [2.05, 4.69) is 19.6 Å². The van der Waals surface area contributed by atoms with E-state index in [1.165, 1.54) is 57.4 Å². The van der Waals surface area contributed by atoms with Crippen molar-refractivity contribution in [3.8, 4) is 23.3 Å². The first-order valence-electron chi connectivity index (χ1n) is 17.5. The van der Waals surface area contributed by atoms with Gasteiger partial charge in [0.1, 0.15) is 29.4 Å². The fourth-order valence-corrected chi connectivity index (χ4v) is 5.20. The summed E-state index contributed by atoms with van der Waals surface area (Å²) in [6.07, 6.45) is 18.1. The van der Waals surface area contributed by atoms with Crippen LogP contribution in [-0.4, -0.2) is 25.2 Å². The summed E-state index contributed by atoms with van der Waals surface area (Å²) < 4.78 is 23.1. The van der Waals surface area contributed by atoms with Crippen molar-refractivity contribution in [2.75, 3.05) is 13.2 Å². The van der Waals surface area contributed by atoms with E-state index < -0.39 is 11.9 Å². The maximum Gasteiger partial charge on any atom is 0.343 e. The molecule has 3 rings (SSSR count). The minimum absolute atomic E-state index is 0.0138. The van der Waals surface area contributed by atoms with Gasteiger partial charge in [-0.2, -0.15) is 5.26 Å². The Hall–Kier alpha value is -4.57. The quantitative estimate of drug-likeness (QED) is 0.0411. The lowest BCUT2D eigenvalue weighted by atomic mass is 10.1. The highest BCUT2D eigenvalue weighted by molar-refractivity contribution is 5.94. The molecular formula is C41H51NO6. The second-order valence-electron chi connectivity index (χ2n) is 12.0. The molecule has 0 aromatic heterocycles. The molecule has 0 aliphatic rings. The molecule has 0 spiro atoms. The molecule has 0 saturated carbocycles. The van der Waals surface area contributed by atoms with Crippen LogP contribution in [0.1, 0.15) is 129 Å². The van der Waals surface area contributed by atoms with Gasteiger partial charge >= 0.3 is 11.9 Å². The summed E-state index contributed by atoms with van der Waals surface area (Å²) in [7, 11) is 0. The average Bonchev–Trinajstić information content (AvgIpc) is 3.11. The second-order valence-corrected chi connectivity index (χ2v) is 12.0. The number of hydrogen-bond donors (Lipinski definition) is 0. The number of unbranched alkanes of at least 4 members (excludes halogenated alkanes) is 12. The Labute approximate surface area is 286 Å². The van der Waals surface area contributed by atoms with Gasteiger partial charge in [-0.25, -0.2) is 9.59 Å². The number of benzene rings is 3. The van der Waals surface area contributed by atoms with E-state index in [0.29, 0.717) is 41.4 Å². The molecule has 0 heterocycles. The van der Waals surface area contributed by atoms with Crippen LogP contribution >= 0.6 is 0 Å². The molecule has 7 heteroatoms. The molecule has 3 aromatic rings. The Kier molecular flexibility index (Phi) is 18.1. The standard InChI is InChI=1S/C41H51NO6/c1-3-5-7-9-11-12-13-15-16-27-45-36-23-21-35(22-24-36)40(43)48-37-25-26-39(46-28-17-14-10-8-6-4-2)38(30-37)41(44)47-32-34-20-18-19-33(29-34)31-42/h3,18-26,29-30H,1,4-17,27-28,32H2,2H3. The highest BCUT2D eigenvalue weighted by Crippen LogP contribution is 2.27. The number of rotatable bonds is 24. The zero-order valence-electron chi connectivity index (χ0n) is 28.6. The van der Waals surface area contributed by atoms with Crippen LogP contribution in [0, 0.1) is 11.3 Å². The second kappa shape index (κ2) is 22.9. The summed E-state index contributed by atoms with van der Waals surface area (Å²) in [6.45, 7) is 7.04. The molecular weight excluding hydrogens is 602 g/mol. The third kappa shape index (κ3) is 14.5. The minimum atomic E-state index is -0.613. The van der Waals surface area contributed by atoms with Gasteiger partial charge in [-0.3, -0.25) is 0 Å². The number of hydrogen-bond acceptors (Lipinski definition) is 7. The number of nitrogens with zero attached hydrogens (tertiary/aromatic N) is 1. The first-order valence-corrected chi connectivity index (χ1v) is 17.5. The smallest absolute Gasteiger partial charge is 0.343 e. The number of nitriles is 1. The van der Waals surface area contributed by atoms with Crippen molar-refractivity contribution in [3.63, 3.8) is 0 Å². The van der Waals surface area contributed by atoms with Crippen LogP contribution in [0.2, 0.25) is 0 Å². The van der Waals surface area contributed by atoms with Gasteiger partial charge in [-0.1, -0.05) is 89.3 Å². The molecule has 0 saturated heterocycles. The third-order valence-corrected chi connectivity index (χ3v) is 7.97. The number of esters is 2. The predicted molar refractivity (Wildman–Crippen MR) is 190 cm³/mol. The van der Waals surface area contributed by atoms with Gasteiger partial charge in [0.05, 0.1) is 30.4 Å². The van der Waals surface area contributed by atoms with Gasteiger partial charge in [0.25, 0.3) is 0 Å². The SMILES string of the molecule is C=CCCCCCCCCCOc1ccc(C(=O)Oc2ccc(OCCCCCCCC)c(C(=O)OCc3cccc(C#N)c3)c2)cc1. The van der Waals surface area contributed by atoms with Crippen LogP contribution < -0.4 is 14.2 Å². The lowest BCUT2D eigenvalue weighted by molar-refractivity contribution is 0.0466. The van der Waals surface area contributed by atoms with E-state index in [-0.39, 0.29) is 17.9 Å². The Bertz CT molecular complexity index is 1440. The summed E-state index contributed by atoms with van der Waals surface area (Å²) in [4.78, 5) is 26.2. The molecule has 0 unspecified atom stereocenters. The van der Waals surface area contributed by atoms with Crippen LogP contribution in [0.25, 0.3) is 0 Å². The van der Waals surface area contributed by atoms with Gasteiger partial charge in [0.2, 0.25) is 0 Å². The van der Waals surface area contributed by atoms with Crippen molar-refractivity contribution in [1.82, 2.24) is 0 Å². The van der Waals surface area contributed by atoms with Crippen molar-refractivity contribution in [2.45, 2.75) is 103 Å². The van der Waals surface area contributed by atoms with Crippen molar-refractivity contribution in [3.05, 3.63) is 102 Å². The zero-order chi connectivity index (χ0) is 34.2. The van der Waals surface area contributed by atoms with Gasteiger partial charge in [-0.05, 0) is 85.8 Å². The molecule has 256 valence electrons. The zero-order valence-corrected chi connectivity index (χ0v) is 28.6. The molecule has 0 bridgehead atoms. The normalized spacial score (nSPS) is 10.6. The Morgan fingerprint density at radius 1 is 0.729 bits per heavy atom. The average molecular weight is 654 g/mol. The molecule has 0 aliphatic heterocycles. The van der Waals surface area contributed by atoms with E-state index in [1.807, 2.05) is 6.08 Å². The number of carbonyl (C=O) groups is 2. The van der Waals surface area contributed by atoms with Crippen molar-refractivity contribution >= 4 is 11.9 Å². The maximum atomic E-state index is 13.2. The molecule has 48 heavy (non-hydrogen) atoms. The summed E-state index contributed by atoms with van der Waals surface area (Å²) in [5, 5.41) is 9.18. The fourth-order valence-electron chi connectivity index (χ4n) is 5.20. The molecule has 0 atom stereocenters. The monoisotopic (exact) mass is 653 g/mol. The van der Waals surface area contributed by atoms with Crippen LogP contribution in [0.3, 0.4) is 0 Å². The summed E-state index contributed by atoms with van der Waals surface area (Å²) in [5.41, 5.74) is 1.71. The molecule has 7 nitrogen and oxygen atoms in total. The predicted octanol–water partition coefficient (Wildman–Crippen LogP) is 10.6. The molecule has 0 N–H and O–H groups in total. The first-order chi connectivity index (χ1) is 23.5. The van der Waals surface area contributed by atoms with E-state index in [1.54, 1.807) is 60.7 Å². The number of carbonyl (C=O) groups excluding carboxylic acids is 2. The van der Waals surface area contributed by atoms with Gasteiger partial charge in [0, 0.05) is 0 Å². The van der Waals surface area contributed by atoms with E-state index in [0.717, 1.165) is 38.5 Å². The fraction of sp³-hybridized carbons (Fsp3) is 0.439. The maximum absolute atomic E-state index is 13.2. The van der Waals surface area contributed by atoms with Gasteiger partial charge in [0.15, 0.2) is 0 Å². The van der Waals surface area contributed by atoms with Gasteiger partial charge in [-0.15, -0.1) is 6.58 Å². The topological polar surface area (TPSA) is 94.8 Å². The molecule has 0 fully saturated rings. The lowest BCUT2D eigenvalue weighted by Gasteiger charge is -2.13. The van der Waals surface area contributed by atoms with Crippen LogP contribution in [-0.2, 0) is 11.3 Å². The number of allylic oxidation sites excluding steroid dienone is 1. The van der Waals surface area contributed by atoms with Crippen LogP contribution in [0.4, 0.5) is 0 Å². The van der Waals surface area contributed by atoms with Crippen molar-refractivity contribution in [1.29, 1.82) is 5.26 Å². The van der Waals surface area contributed by atoms with Crippen LogP contribution in [0.5, 0.6) is 17.2 Å². The molecule has 0 aliphatic carbocycles.